The summed E-state index contributed by atoms with van der Waals surface area (Å²) in [6.07, 6.45) is 0. The topological polar surface area (TPSA) is 46.5 Å². The highest BCUT2D eigenvalue weighted by molar-refractivity contribution is 9.10. The lowest BCUT2D eigenvalue weighted by molar-refractivity contribution is 0.0691. The minimum absolute atomic E-state index is 0.0691. The van der Waals surface area contributed by atoms with Gasteiger partial charge in [0, 0.05) is 4.47 Å². The third-order valence-electron chi connectivity index (χ3n) is 2.46. The van der Waals surface area contributed by atoms with Crippen molar-refractivity contribution in [2.24, 2.45) is 0 Å². The number of ether oxygens (including phenoxy) is 1. The quantitative estimate of drug-likeness (QED) is 0.928. The Morgan fingerprint density at radius 2 is 2.05 bits per heavy atom. The van der Waals surface area contributed by atoms with Crippen LogP contribution >= 0.6 is 15.9 Å². The van der Waals surface area contributed by atoms with Crippen LogP contribution in [0, 0.1) is 5.82 Å². The van der Waals surface area contributed by atoms with E-state index < -0.39 is 5.97 Å². The molecule has 0 spiro atoms. The molecular formula is C14H10BrFO3. The molecule has 0 heterocycles. The molecule has 98 valence electrons. The van der Waals surface area contributed by atoms with E-state index in [1.165, 1.54) is 18.2 Å². The van der Waals surface area contributed by atoms with E-state index in [1.54, 1.807) is 24.3 Å². The fraction of sp³-hybridized carbons (Fsp3) is 0.0714. The van der Waals surface area contributed by atoms with Crippen molar-refractivity contribution in [3.63, 3.8) is 0 Å². The Labute approximate surface area is 117 Å². The van der Waals surface area contributed by atoms with E-state index >= 15 is 0 Å². The van der Waals surface area contributed by atoms with Gasteiger partial charge in [-0.1, -0.05) is 28.1 Å². The first-order valence-corrected chi connectivity index (χ1v) is 6.25. The molecule has 2 rings (SSSR count). The summed E-state index contributed by atoms with van der Waals surface area (Å²) in [6.45, 7) is 0.106. The highest BCUT2D eigenvalue weighted by atomic mass is 79.9. The molecule has 5 heteroatoms. The Balaban J connectivity index is 2.19. The number of halogens is 2. The Bertz CT molecular complexity index is 613. The van der Waals surface area contributed by atoms with Crippen molar-refractivity contribution in [1.82, 2.24) is 0 Å². The normalized spacial score (nSPS) is 10.2. The summed E-state index contributed by atoms with van der Waals surface area (Å²) >= 11 is 3.25. The van der Waals surface area contributed by atoms with Crippen LogP contribution < -0.4 is 4.74 Å². The molecule has 0 fully saturated rings. The molecule has 0 aliphatic rings. The van der Waals surface area contributed by atoms with Crippen molar-refractivity contribution < 1.29 is 19.0 Å². The van der Waals surface area contributed by atoms with Crippen LogP contribution in [0.4, 0.5) is 4.39 Å². The predicted molar refractivity (Wildman–Crippen MR) is 71.8 cm³/mol. The van der Waals surface area contributed by atoms with Crippen molar-refractivity contribution in [2.45, 2.75) is 6.61 Å². The summed E-state index contributed by atoms with van der Waals surface area (Å²) in [4.78, 5) is 11.0. The minimum Gasteiger partial charge on any atom is -0.488 e. The van der Waals surface area contributed by atoms with Crippen LogP contribution in [0.25, 0.3) is 0 Å². The molecule has 0 aliphatic carbocycles. The van der Waals surface area contributed by atoms with Gasteiger partial charge in [-0.15, -0.1) is 0 Å². The summed E-state index contributed by atoms with van der Waals surface area (Å²) in [5.41, 5.74) is 0.705. The number of hydrogen-bond acceptors (Lipinski definition) is 2. The lowest BCUT2D eigenvalue weighted by atomic mass is 10.2. The van der Waals surface area contributed by atoms with E-state index in [2.05, 4.69) is 15.9 Å². The predicted octanol–water partition coefficient (Wildman–Crippen LogP) is 3.87. The third kappa shape index (κ3) is 3.54. The van der Waals surface area contributed by atoms with Crippen molar-refractivity contribution in [1.29, 1.82) is 0 Å². The van der Waals surface area contributed by atoms with Gasteiger partial charge in [0.2, 0.25) is 0 Å². The van der Waals surface area contributed by atoms with Crippen LogP contribution in [0.15, 0.2) is 46.9 Å². The largest absolute Gasteiger partial charge is 0.488 e. The number of carboxylic acid groups (broad SMARTS) is 1. The van der Waals surface area contributed by atoms with Crippen LogP contribution in [0.1, 0.15) is 15.9 Å². The maximum absolute atomic E-state index is 13.0. The molecule has 2 aromatic carbocycles. The summed E-state index contributed by atoms with van der Waals surface area (Å²) in [7, 11) is 0. The molecule has 1 N–H and O–H groups in total. The molecular weight excluding hydrogens is 315 g/mol. The molecule has 0 aliphatic heterocycles. The summed E-state index contributed by atoms with van der Waals surface area (Å²) in [5, 5.41) is 9.04. The second-order valence-corrected chi connectivity index (χ2v) is 4.78. The van der Waals surface area contributed by atoms with Crippen LogP contribution in [-0.4, -0.2) is 11.1 Å². The van der Waals surface area contributed by atoms with E-state index in [4.69, 9.17) is 9.84 Å². The number of carbonyl (C=O) groups is 1. The molecule has 0 radical (unpaired) electrons. The molecule has 0 saturated heterocycles. The van der Waals surface area contributed by atoms with E-state index in [-0.39, 0.29) is 23.7 Å². The van der Waals surface area contributed by atoms with Crippen molar-refractivity contribution in [2.75, 3.05) is 0 Å². The average Bonchev–Trinajstić information content (AvgIpc) is 2.36. The van der Waals surface area contributed by atoms with Crippen molar-refractivity contribution in [3.05, 3.63) is 63.9 Å². The van der Waals surface area contributed by atoms with E-state index in [1.807, 2.05) is 0 Å². The number of hydrogen-bond donors (Lipinski definition) is 1. The maximum Gasteiger partial charge on any atom is 0.339 e. The first-order valence-electron chi connectivity index (χ1n) is 5.46. The number of carboxylic acids is 1. The summed E-state index contributed by atoms with van der Waals surface area (Å²) in [6, 6.07) is 10.6. The molecule has 2 aromatic rings. The lowest BCUT2D eigenvalue weighted by Gasteiger charge is -2.09. The second kappa shape index (κ2) is 5.84. The van der Waals surface area contributed by atoms with Gasteiger partial charge in [-0.05, 0) is 35.9 Å². The Morgan fingerprint density at radius 3 is 2.74 bits per heavy atom. The zero-order valence-electron chi connectivity index (χ0n) is 9.77. The fourth-order valence-corrected chi connectivity index (χ4v) is 1.92. The zero-order chi connectivity index (χ0) is 13.8. The first-order chi connectivity index (χ1) is 9.06. The van der Waals surface area contributed by atoms with Crippen LogP contribution in [-0.2, 0) is 6.61 Å². The molecule has 0 unspecified atom stereocenters. The Kier molecular flexibility index (Phi) is 4.16. The van der Waals surface area contributed by atoms with Gasteiger partial charge < -0.3 is 9.84 Å². The molecule has 3 nitrogen and oxygen atoms in total. The van der Waals surface area contributed by atoms with Crippen molar-refractivity contribution >= 4 is 21.9 Å². The second-order valence-electron chi connectivity index (χ2n) is 3.86. The molecule has 0 aromatic heterocycles. The van der Waals surface area contributed by atoms with E-state index in [0.29, 0.717) is 10.0 Å². The lowest BCUT2D eigenvalue weighted by Crippen LogP contribution is -2.03. The number of rotatable bonds is 4. The van der Waals surface area contributed by atoms with Gasteiger partial charge in [0.15, 0.2) is 0 Å². The first kappa shape index (κ1) is 13.5. The SMILES string of the molecule is O=C(O)c1ccc(Br)cc1OCc1cccc(F)c1. The molecule has 0 bridgehead atoms. The number of aromatic carboxylic acids is 1. The van der Waals surface area contributed by atoms with Gasteiger partial charge >= 0.3 is 5.97 Å². The van der Waals surface area contributed by atoms with Crippen LogP contribution in [0.3, 0.4) is 0 Å². The van der Waals surface area contributed by atoms with Gasteiger partial charge in [-0.2, -0.15) is 0 Å². The van der Waals surface area contributed by atoms with Crippen molar-refractivity contribution in [3.8, 4) is 5.75 Å². The van der Waals surface area contributed by atoms with Gasteiger partial charge in [0.1, 0.15) is 23.7 Å². The fourth-order valence-electron chi connectivity index (χ4n) is 1.58. The molecule has 0 amide bonds. The van der Waals surface area contributed by atoms with Gasteiger partial charge in [-0.3, -0.25) is 0 Å². The van der Waals surface area contributed by atoms with Crippen LogP contribution in [0.2, 0.25) is 0 Å². The highest BCUT2D eigenvalue weighted by Crippen LogP contribution is 2.24. The maximum atomic E-state index is 13.0. The van der Waals surface area contributed by atoms with E-state index in [0.717, 1.165) is 0 Å². The van der Waals surface area contributed by atoms with E-state index in [9.17, 15) is 9.18 Å². The minimum atomic E-state index is -1.07. The highest BCUT2D eigenvalue weighted by Gasteiger charge is 2.11. The Morgan fingerprint density at radius 1 is 1.26 bits per heavy atom. The smallest absolute Gasteiger partial charge is 0.339 e. The van der Waals surface area contributed by atoms with Crippen LogP contribution in [0.5, 0.6) is 5.75 Å². The Hall–Kier alpha value is -1.88. The molecule has 0 saturated carbocycles. The summed E-state index contributed by atoms with van der Waals surface area (Å²) in [5.74, 6) is -1.18. The van der Waals surface area contributed by atoms with Gasteiger partial charge in [0.25, 0.3) is 0 Å². The monoisotopic (exact) mass is 324 g/mol. The van der Waals surface area contributed by atoms with Gasteiger partial charge in [-0.25, -0.2) is 9.18 Å². The molecule has 0 atom stereocenters. The third-order valence-corrected chi connectivity index (χ3v) is 2.95. The summed E-state index contributed by atoms with van der Waals surface area (Å²) < 4.78 is 19.2. The molecule has 19 heavy (non-hydrogen) atoms. The number of benzene rings is 2. The zero-order valence-corrected chi connectivity index (χ0v) is 11.4. The standard InChI is InChI=1S/C14H10BrFO3/c15-10-4-5-12(14(17)18)13(7-10)19-8-9-2-1-3-11(16)6-9/h1-7H,8H2,(H,17,18). The van der Waals surface area contributed by atoms with Gasteiger partial charge in [0.05, 0.1) is 0 Å². The average molecular weight is 325 g/mol.